The maximum absolute atomic E-state index is 13.7. The molecule has 0 heterocycles. The van der Waals surface area contributed by atoms with Gasteiger partial charge in [-0.25, -0.2) is 0 Å². The third-order valence-electron chi connectivity index (χ3n) is 4.46. The highest BCUT2D eigenvalue weighted by Gasteiger charge is 2.56. The lowest BCUT2D eigenvalue weighted by Crippen LogP contribution is -2.48. The van der Waals surface area contributed by atoms with Crippen molar-refractivity contribution in [2.24, 2.45) is 5.73 Å². The molecule has 0 aliphatic heterocycles. The zero-order valence-electron chi connectivity index (χ0n) is 15.5. The molecule has 0 radical (unpaired) electrons. The Balaban J connectivity index is 2.53. The van der Waals surface area contributed by atoms with Gasteiger partial charge in [0.1, 0.15) is 0 Å². The number of benzene rings is 2. The summed E-state index contributed by atoms with van der Waals surface area (Å²) in [5.74, 6) is 0. The molecule has 2 aromatic carbocycles. The fraction of sp³-hybridized carbons (Fsp3) is 0.333. The summed E-state index contributed by atoms with van der Waals surface area (Å²) in [4.78, 5) is 0. The maximum Gasteiger partial charge on any atom is 0.423 e. The first kappa shape index (κ1) is 26.4. The van der Waals surface area contributed by atoms with Gasteiger partial charge in [0.25, 0.3) is 0 Å². The van der Waals surface area contributed by atoms with Gasteiger partial charge in [0, 0.05) is 12.2 Å². The molecule has 0 aromatic heterocycles. The Morgan fingerprint density at radius 2 is 1.41 bits per heavy atom. The summed E-state index contributed by atoms with van der Waals surface area (Å²) >= 11 is 11.0. The molecule has 2 rings (SSSR count). The molecular weight excluding hydrogens is 502 g/mol. The minimum atomic E-state index is -5.55. The number of nitrogens with two attached hydrogens (primary N) is 1. The fourth-order valence-corrected chi connectivity index (χ4v) is 3.19. The van der Waals surface area contributed by atoms with Crippen molar-refractivity contribution >= 4 is 28.9 Å². The van der Waals surface area contributed by atoms with E-state index in [9.17, 15) is 44.6 Å². The van der Waals surface area contributed by atoms with Crippen molar-refractivity contribution in [2.75, 3.05) is 11.9 Å². The number of hydrogen-bond donors (Lipinski definition) is 3. The van der Waals surface area contributed by atoms with Crippen molar-refractivity contribution in [3.05, 3.63) is 62.6 Å². The van der Waals surface area contributed by atoms with Crippen LogP contribution in [-0.2, 0) is 24.5 Å². The highest BCUT2D eigenvalue weighted by molar-refractivity contribution is 6.42. The van der Waals surface area contributed by atoms with E-state index >= 15 is 0 Å². The molecule has 4 N–H and O–H groups in total. The Bertz CT molecular complexity index is 990. The van der Waals surface area contributed by atoms with Crippen LogP contribution in [0.5, 0.6) is 0 Å². The molecule has 32 heavy (non-hydrogen) atoms. The van der Waals surface area contributed by atoms with E-state index in [0.29, 0.717) is 12.1 Å². The van der Waals surface area contributed by atoms with E-state index in [4.69, 9.17) is 28.9 Å². The summed E-state index contributed by atoms with van der Waals surface area (Å²) in [6.07, 6.45) is -15.6. The lowest BCUT2D eigenvalue weighted by Gasteiger charge is -2.32. The molecule has 0 amide bonds. The van der Waals surface area contributed by atoms with Crippen molar-refractivity contribution in [3.8, 4) is 0 Å². The first-order valence-electron chi connectivity index (χ1n) is 8.41. The Labute approximate surface area is 184 Å². The Hall–Kier alpha value is -1.89. The monoisotopic (exact) mass is 514 g/mol. The molecule has 0 aliphatic rings. The van der Waals surface area contributed by atoms with Crippen LogP contribution in [-0.4, -0.2) is 17.8 Å². The third kappa shape index (κ3) is 5.36. The molecule has 178 valence electrons. The van der Waals surface area contributed by atoms with E-state index in [2.05, 4.69) is 0 Å². The zero-order valence-corrected chi connectivity index (χ0v) is 17.0. The molecule has 2 aromatic rings. The van der Waals surface area contributed by atoms with Crippen LogP contribution in [0.1, 0.15) is 22.3 Å². The van der Waals surface area contributed by atoms with Gasteiger partial charge in [-0.05, 0) is 35.4 Å². The van der Waals surface area contributed by atoms with Crippen LogP contribution in [0.15, 0.2) is 30.3 Å². The summed E-state index contributed by atoms with van der Waals surface area (Å²) in [6.45, 7) is -2.05. The van der Waals surface area contributed by atoms with E-state index in [-0.39, 0.29) is 11.6 Å². The Morgan fingerprint density at radius 1 is 0.844 bits per heavy atom. The first-order chi connectivity index (χ1) is 14.4. The number of rotatable bonds is 5. The minimum absolute atomic E-state index is 0.0257. The van der Waals surface area contributed by atoms with Gasteiger partial charge in [0.05, 0.1) is 27.7 Å². The summed E-state index contributed by atoms with van der Waals surface area (Å²) in [5.41, 5.74) is -3.84. The summed E-state index contributed by atoms with van der Waals surface area (Å²) in [5, 5.41) is 10.3. The number of nitrogens with one attached hydrogen (secondary N) is 1. The van der Waals surface area contributed by atoms with Crippen molar-refractivity contribution < 1.29 is 44.6 Å². The molecule has 0 bridgehead atoms. The van der Waals surface area contributed by atoms with E-state index in [1.807, 2.05) is 5.32 Å². The molecular formula is C18H13Cl2F9N2O. The molecule has 0 aliphatic carbocycles. The lowest BCUT2D eigenvalue weighted by molar-refractivity contribution is -0.260. The number of hydrogen-bond acceptors (Lipinski definition) is 3. The number of halogens is 11. The molecule has 3 nitrogen and oxygen atoms in total. The van der Waals surface area contributed by atoms with Gasteiger partial charge < -0.3 is 16.2 Å². The van der Waals surface area contributed by atoms with Crippen molar-refractivity contribution in [1.29, 1.82) is 0 Å². The van der Waals surface area contributed by atoms with Crippen LogP contribution in [0.4, 0.5) is 45.2 Å². The maximum atomic E-state index is 13.7. The molecule has 1 atom stereocenters. The quantitative estimate of drug-likeness (QED) is 0.407. The van der Waals surface area contributed by atoms with Gasteiger partial charge in [0.2, 0.25) is 5.60 Å². The van der Waals surface area contributed by atoms with E-state index < -0.39 is 69.6 Å². The largest absolute Gasteiger partial charge is 0.423 e. The zero-order chi connectivity index (χ0) is 24.7. The van der Waals surface area contributed by atoms with Crippen molar-refractivity contribution in [3.63, 3.8) is 0 Å². The number of alkyl halides is 9. The molecule has 0 spiro atoms. The average molecular weight is 515 g/mol. The highest BCUT2D eigenvalue weighted by Crippen LogP contribution is 2.45. The van der Waals surface area contributed by atoms with Crippen LogP contribution >= 0.6 is 23.2 Å². The average Bonchev–Trinajstić information content (AvgIpc) is 2.65. The Kier molecular flexibility index (Phi) is 7.25. The second-order valence-electron chi connectivity index (χ2n) is 6.60. The van der Waals surface area contributed by atoms with Gasteiger partial charge in [-0.15, -0.1) is 0 Å². The standard InChI is InChI=1S/C18H13Cl2F9N2O/c19-13-4-9(3-12(14(13)20)17(24,25)26)15(32,18(27,28)29)7-31-10-2-1-8(6-30)11(5-10)16(21,22)23/h1-5,31-32H,6-7,30H2/t15-/m0/s1. The smallest absolute Gasteiger partial charge is 0.381 e. The van der Waals surface area contributed by atoms with Crippen LogP contribution in [0.3, 0.4) is 0 Å². The van der Waals surface area contributed by atoms with Crippen LogP contribution < -0.4 is 11.1 Å². The predicted octanol–water partition coefficient (Wildman–Crippen LogP) is 6.35. The first-order valence-corrected chi connectivity index (χ1v) is 9.17. The predicted molar refractivity (Wildman–Crippen MR) is 99.2 cm³/mol. The second kappa shape index (κ2) is 8.81. The molecule has 14 heteroatoms. The summed E-state index contributed by atoms with van der Waals surface area (Å²) in [7, 11) is 0. The lowest BCUT2D eigenvalue weighted by atomic mass is 9.91. The molecule has 0 saturated carbocycles. The Morgan fingerprint density at radius 3 is 1.88 bits per heavy atom. The van der Waals surface area contributed by atoms with E-state index in [1.54, 1.807) is 0 Å². The topological polar surface area (TPSA) is 58.3 Å². The third-order valence-corrected chi connectivity index (χ3v) is 5.27. The SMILES string of the molecule is NCc1ccc(NC[C@](O)(c2cc(Cl)c(Cl)c(C(F)(F)F)c2)C(F)(F)F)cc1C(F)(F)F. The van der Waals surface area contributed by atoms with Gasteiger partial charge in [-0.3, -0.25) is 0 Å². The van der Waals surface area contributed by atoms with E-state index in [1.165, 1.54) is 0 Å². The second-order valence-corrected chi connectivity index (χ2v) is 7.39. The van der Waals surface area contributed by atoms with Gasteiger partial charge in [-0.2, -0.15) is 39.5 Å². The fourth-order valence-electron chi connectivity index (χ4n) is 2.76. The van der Waals surface area contributed by atoms with Gasteiger partial charge in [-0.1, -0.05) is 29.3 Å². The number of anilines is 1. The normalized spacial score (nSPS) is 14.9. The van der Waals surface area contributed by atoms with Crippen LogP contribution in [0.2, 0.25) is 10.0 Å². The molecule has 0 saturated heterocycles. The van der Waals surface area contributed by atoms with Gasteiger partial charge >= 0.3 is 18.5 Å². The van der Waals surface area contributed by atoms with Crippen molar-refractivity contribution in [1.82, 2.24) is 0 Å². The summed E-state index contributed by atoms with van der Waals surface area (Å²) in [6, 6.07) is 2.73. The van der Waals surface area contributed by atoms with E-state index in [0.717, 1.165) is 12.1 Å². The van der Waals surface area contributed by atoms with Crippen LogP contribution in [0.25, 0.3) is 0 Å². The van der Waals surface area contributed by atoms with Crippen LogP contribution in [0, 0.1) is 0 Å². The molecule has 0 unspecified atom stereocenters. The highest BCUT2D eigenvalue weighted by atomic mass is 35.5. The molecule has 0 fully saturated rings. The summed E-state index contributed by atoms with van der Waals surface area (Å²) < 4.78 is 120. The van der Waals surface area contributed by atoms with Crippen molar-refractivity contribution in [2.45, 2.75) is 30.7 Å². The minimum Gasteiger partial charge on any atom is -0.381 e. The number of aliphatic hydroxyl groups is 1. The van der Waals surface area contributed by atoms with Gasteiger partial charge in [0.15, 0.2) is 0 Å².